The van der Waals surface area contributed by atoms with Gasteiger partial charge in [0.1, 0.15) is 17.5 Å². The van der Waals surface area contributed by atoms with Gasteiger partial charge in [0.15, 0.2) is 5.78 Å². The van der Waals surface area contributed by atoms with Gasteiger partial charge in [-0.15, -0.1) is 0 Å². The number of aldehydes is 1. The second-order valence-corrected chi connectivity index (χ2v) is 8.82. The summed E-state index contributed by atoms with van der Waals surface area (Å²) < 4.78 is 2.02. The summed E-state index contributed by atoms with van der Waals surface area (Å²) in [6.45, 7) is 1.89. The first-order valence-electron chi connectivity index (χ1n) is 11.4. The van der Waals surface area contributed by atoms with Gasteiger partial charge in [0.25, 0.3) is 0 Å². The van der Waals surface area contributed by atoms with Crippen LogP contribution in [0.3, 0.4) is 0 Å². The smallest absolute Gasteiger partial charge is 0.184 e. The van der Waals surface area contributed by atoms with Gasteiger partial charge in [-0.1, -0.05) is 97.9 Å². The quantitative estimate of drug-likeness (QED) is 0.213. The van der Waals surface area contributed by atoms with Gasteiger partial charge in [-0.2, -0.15) is 0 Å². The summed E-state index contributed by atoms with van der Waals surface area (Å²) in [5.41, 5.74) is 2.93. The Morgan fingerprint density at radius 1 is 0.909 bits per heavy atom. The molecule has 33 heavy (non-hydrogen) atoms. The molecule has 4 aromatic rings. The lowest BCUT2D eigenvalue weighted by Crippen LogP contribution is -2.39. The number of nitrogens with zero attached hydrogens (tertiary/aromatic N) is 2. The summed E-state index contributed by atoms with van der Waals surface area (Å²) in [5.74, 6) is -0.0885. The summed E-state index contributed by atoms with van der Waals surface area (Å²) in [4.78, 5) is 29.4. The van der Waals surface area contributed by atoms with Crippen LogP contribution in [0.1, 0.15) is 40.5 Å². The topological polar surface area (TPSA) is 52.0 Å². The van der Waals surface area contributed by atoms with Crippen molar-refractivity contribution < 1.29 is 9.59 Å². The molecule has 5 rings (SSSR count). The highest BCUT2D eigenvalue weighted by Gasteiger charge is 2.48. The monoisotopic (exact) mass is 434 g/mol. The van der Waals surface area contributed by atoms with Crippen LogP contribution in [0.5, 0.6) is 0 Å². The highest BCUT2D eigenvalue weighted by Crippen LogP contribution is 2.47. The van der Waals surface area contributed by atoms with Gasteiger partial charge < -0.3 is 9.36 Å². The molecule has 0 N–H and O–H groups in total. The Balaban J connectivity index is 1.75. The van der Waals surface area contributed by atoms with E-state index in [0.717, 1.165) is 29.4 Å². The maximum atomic E-state index is 13.7. The van der Waals surface area contributed by atoms with Crippen molar-refractivity contribution in [2.75, 3.05) is 0 Å². The zero-order valence-electron chi connectivity index (χ0n) is 18.5. The maximum Gasteiger partial charge on any atom is 0.184 e. The summed E-state index contributed by atoms with van der Waals surface area (Å²) in [6.07, 6.45) is 5.14. The number of aromatic nitrogens is 2. The van der Waals surface area contributed by atoms with Crippen molar-refractivity contribution in [2.45, 2.75) is 18.9 Å². The van der Waals surface area contributed by atoms with Gasteiger partial charge in [-0.25, -0.2) is 4.98 Å². The third-order valence-corrected chi connectivity index (χ3v) is 6.89. The molecule has 164 valence electrons. The Morgan fingerprint density at radius 2 is 1.39 bits per heavy atom. The van der Waals surface area contributed by atoms with Crippen LogP contribution in [-0.4, -0.2) is 21.6 Å². The van der Waals surface area contributed by atoms with E-state index < -0.39 is 5.54 Å². The summed E-state index contributed by atoms with van der Waals surface area (Å²) >= 11 is 0. The minimum Gasteiger partial charge on any atom is -0.309 e. The number of rotatable bonds is 8. The Bertz CT molecular complexity index is 1150. The molecule has 0 amide bonds. The highest BCUT2D eigenvalue weighted by molar-refractivity contribution is 5.98. The van der Waals surface area contributed by atoms with Crippen LogP contribution < -0.4 is 0 Å². The van der Waals surface area contributed by atoms with E-state index in [0.29, 0.717) is 5.69 Å². The molecule has 1 heterocycles. The molecule has 0 radical (unpaired) electrons. The predicted molar refractivity (Wildman–Crippen MR) is 128 cm³/mol. The van der Waals surface area contributed by atoms with Crippen LogP contribution in [-0.2, 0) is 10.3 Å². The summed E-state index contributed by atoms with van der Waals surface area (Å²) in [6, 6.07) is 30.7. The number of Topliss-reactive ketones (excluding diaryl/α,β-unsaturated/α-hetero) is 1. The molecule has 1 saturated carbocycles. The summed E-state index contributed by atoms with van der Waals surface area (Å²) in [5, 5.41) is 0. The van der Waals surface area contributed by atoms with E-state index in [1.807, 2.05) is 66.1 Å². The molecule has 3 aromatic carbocycles. The molecule has 0 aliphatic heterocycles. The van der Waals surface area contributed by atoms with Crippen molar-refractivity contribution in [1.82, 2.24) is 9.55 Å². The fourth-order valence-corrected chi connectivity index (χ4v) is 5.09. The van der Waals surface area contributed by atoms with Crippen molar-refractivity contribution in [2.24, 2.45) is 17.8 Å². The first-order valence-corrected chi connectivity index (χ1v) is 11.4. The number of benzene rings is 3. The summed E-state index contributed by atoms with van der Waals surface area (Å²) in [7, 11) is 0. The van der Waals surface area contributed by atoms with E-state index in [9.17, 15) is 9.59 Å². The molecule has 1 aliphatic rings. The second-order valence-electron chi connectivity index (χ2n) is 8.82. The lowest BCUT2D eigenvalue weighted by molar-refractivity contribution is -0.111. The fraction of sp³-hybridized carbons (Fsp3) is 0.207. The van der Waals surface area contributed by atoms with E-state index in [1.165, 1.54) is 0 Å². The molecule has 0 saturated heterocycles. The molecule has 3 atom stereocenters. The standard InChI is InChI=1S/C29H26N2O2/c1-21(19-32)25-17-26(25)28(33)27-18-30-20-31(27)29(22-11-5-2-6-12-22,23-13-7-3-8-14-23)24-15-9-4-10-16-24/h2-16,18-21,25-26H,17H2,1H3. The molecule has 4 nitrogen and oxygen atoms in total. The third-order valence-electron chi connectivity index (χ3n) is 6.89. The van der Waals surface area contributed by atoms with E-state index in [-0.39, 0.29) is 23.5 Å². The largest absolute Gasteiger partial charge is 0.309 e. The zero-order valence-corrected chi connectivity index (χ0v) is 18.5. The SMILES string of the molecule is CC(C=O)C1CC1C(=O)c1cncn1C(c1ccccc1)(c1ccccc1)c1ccccc1. The van der Waals surface area contributed by atoms with Crippen molar-refractivity contribution in [3.8, 4) is 0 Å². The van der Waals surface area contributed by atoms with Crippen LogP contribution in [0, 0.1) is 17.8 Å². The molecule has 0 spiro atoms. The first kappa shape index (κ1) is 21.1. The van der Waals surface area contributed by atoms with Gasteiger partial charge in [0.05, 0.1) is 12.5 Å². The Labute approximate surface area is 193 Å². The maximum absolute atomic E-state index is 13.7. The number of hydrogen-bond acceptors (Lipinski definition) is 3. The van der Waals surface area contributed by atoms with E-state index in [4.69, 9.17) is 0 Å². The highest BCUT2D eigenvalue weighted by atomic mass is 16.1. The molecular weight excluding hydrogens is 408 g/mol. The third kappa shape index (κ3) is 3.52. The van der Waals surface area contributed by atoms with Crippen LogP contribution >= 0.6 is 0 Å². The number of ketones is 1. The van der Waals surface area contributed by atoms with Crippen LogP contribution in [0.15, 0.2) is 104 Å². The first-order chi connectivity index (χ1) is 16.2. The zero-order chi connectivity index (χ0) is 22.8. The average Bonchev–Trinajstić information content (AvgIpc) is 3.54. The van der Waals surface area contributed by atoms with Gasteiger partial charge in [-0.05, 0) is 29.0 Å². The number of hydrogen-bond donors (Lipinski definition) is 0. The van der Waals surface area contributed by atoms with Gasteiger partial charge in [-0.3, -0.25) is 4.79 Å². The Hall–Kier alpha value is -3.79. The Morgan fingerprint density at radius 3 is 1.85 bits per heavy atom. The number of carbonyl (C=O) groups excluding carboxylic acids is 2. The second kappa shape index (κ2) is 8.62. The molecular formula is C29H26N2O2. The number of imidazole rings is 1. The lowest BCUT2D eigenvalue weighted by Gasteiger charge is -2.38. The Kier molecular flexibility index (Phi) is 5.51. The molecule has 4 heteroatoms. The number of carbonyl (C=O) groups is 2. The van der Waals surface area contributed by atoms with Crippen molar-refractivity contribution in [3.63, 3.8) is 0 Å². The molecule has 1 fully saturated rings. The predicted octanol–water partition coefficient (Wildman–Crippen LogP) is 5.38. The van der Waals surface area contributed by atoms with E-state index in [2.05, 4.69) is 41.4 Å². The van der Waals surface area contributed by atoms with Gasteiger partial charge in [0, 0.05) is 11.8 Å². The minimum absolute atomic E-state index is 0.0540. The normalized spacial score (nSPS) is 18.5. The molecule has 1 aliphatic carbocycles. The van der Waals surface area contributed by atoms with Gasteiger partial charge >= 0.3 is 0 Å². The molecule has 1 aromatic heterocycles. The average molecular weight is 435 g/mol. The van der Waals surface area contributed by atoms with Crippen LogP contribution in [0.4, 0.5) is 0 Å². The van der Waals surface area contributed by atoms with Crippen molar-refractivity contribution in [1.29, 1.82) is 0 Å². The van der Waals surface area contributed by atoms with Crippen molar-refractivity contribution in [3.05, 3.63) is 126 Å². The van der Waals surface area contributed by atoms with Crippen molar-refractivity contribution >= 4 is 12.1 Å². The van der Waals surface area contributed by atoms with Crippen LogP contribution in [0.25, 0.3) is 0 Å². The lowest BCUT2D eigenvalue weighted by atomic mass is 9.76. The minimum atomic E-state index is -0.772. The fourth-order valence-electron chi connectivity index (χ4n) is 5.09. The van der Waals surface area contributed by atoms with E-state index in [1.54, 1.807) is 12.5 Å². The molecule has 3 unspecified atom stereocenters. The van der Waals surface area contributed by atoms with Crippen LogP contribution in [0.2, 0.25) is 0 Å². The van der Waals surface area contributed by atoms with Gasteiger partial charge in [0.2, 0.25) is 0 Å². The molecule has 0 bridgehead atoms. The van der Waals surface area contributed by atoms with E-state index >= 15 is 0 Å².